The molecule has 0 aliphatic rings. The summed E-state index contributed by atoms with van der Waals surface area (Å²) in [6.45, 7) is 4.68. The molecule has 1 nitrogen and oxygen atoms in total. The average Bonchev–Trinajstić information content (AvgIpc) is 2.03. The van der Waals surface area contributed by atoms with Crippen LogP contribution >= 0.6 is 11.6 Å². The zero-order valence-corrected chi connectivity index (χ0v) is 8.19. The van der Waals surface area contributed by atoms with Gasteiger partial charge in [0.1, 0.15) is 12.4 Å². The fraction of sp³-hybridized carbons (Fsp3) is 0.400. The third kappa shape index (κ3) is 2.42. The lowest BCUT2D eigenvalue weighted by molar-refractivity contribution is 0.340. The zero-order chi connectivity index (χ0) is 8.97. The van der Waals surface area contributed by atoms with Crippen molar-refractivity contribution in [1.29, 1.82) is 0 Å². The molecule has 1 aromatic rings. The molecular weight excluding hydrogens is 172 g/mol. The van der Waals surface area contributed by atoms with Gasteiger partial charge in [0.15, 0.2) is 0 Å². The molecular formula is C10H13ClO. The van der Waals surface area contributed by atoms with E-state index in [-0.39, 0.29) is 0 Å². The van der Waals surface area contributed by atoms with Crippen molar-refractivity contribution in [3.05, 3.63) is 29.3 Å². The van der Waals surface area contributed by atoms with Crippen LogP contribution < -0.4 is 4.74 Å². The largest absolute Gasteiger partial charge is 0.492 e. The summed E-state index contributed by atoms with van der Waals surface area (Å²) < 4.78 is 5.41. The standard InChI is InChI=1S/C10H13ClO/c1-8-3-4-10(9(2)7-8)12-6-5-11/h3-4,7H,5-6H2,1-2H3. The lowest BCUT2D eigenvalue weighted by Crippen LogP contribution is -1.99. The van der Waals surface area contributed by atoms with Gasteiger partial charge < -0.3 is 4.74 Å². The van der Waals surface area contributed by atoms with Crippen molar-refractivity contribution >= 4 is 11.6 Å². The van der Waals surface area contributed by atoms with Crippen molar-refractivity contribution in [2.75, 3.05) is 12.5 Å². The summed E-state index contributed by atoms with van der Waals surface area (Å²) in [5.74, 6) is 1.47. The summed E-state index contributed by atoms with van der Waals surface area (Å²) in [4.78, 5) is 0. The summed E-state index contributed by atoms with van der Waals surface area (Å²) in [6, 6.07) is 6.12. The second-order valence-electron chi connectivity index (χ2n) is 2.81. The maximum atomic E-state index is 5.51. The van der Waals surface area contributed by atoms with Crippen LogP contribution in [0.1, 0.15) is 11.1 Å². The monoisotopic (exact) mass is 184 g/mol. The molecule has 0 saturated carbocycles. The smallest absolute Gasteiger partial charge is 0.122 e. The molecule has 0 aliphatic heterocycles. The van der Waals surface area contributed by atoms with Gasteiger partial charge in [-0.05, 0) is 25.5 Å². The number of alkyl halides is 1. The summed E-state index contributed by atoms with van der Waals surface area (Å²) in [5.41, 5.74) is 2.42. The zero-order valence-electron chi connectivity index (χ0n) is 7.43. The van der Waals surface area contributed by atoms with Gasteiger partial charge in [-0.3, -0.25) is 0 Å². The van der Waals surface area contributed by atoms with Crippen molar-refractivity contribution in [1.82, 2.24) is 0 Å². The Labute approximate surface area is 78.3 Å². The Hall–Kier alpha value is -0.690. The predicted molar refractivity (Wildman–Crippen MR) is 52.1 cm³/mol. The molecule has 0 aromatic heterocycles. The maximum absolute atomic E-state index is 5.51. The second kappa shape index (κ2) is 4.36. The van der Waals surface area contributed by atoms with Crippen molar-refractivity contribution in [2.24, 2.45) is 0 Å². The van der Waals surface area contributed by atoms with E-state index in [0.29, 0.717) is 12.5 Å². The molecule has 0 atom stereocenters. The van der Waals surface area contributed by atoms with Gasteiger partial charge in [-0.1, -0.05) is 17.7 Å². The van der Waals surface area contributed by atoms with E-state index in [9.17, 15) is 0 Å². The van der Waals surface area contributed by atoms with Crippen LogP contribution in [0.3, 0.4) is 0 Å². The van der Waals surface area contributed by atoms with Crippen LogP contribution in [0, 0.1) is 13.8 Å². The normalized spacial score (nSPS) is 9.92. The highest BCUT2D eigenvalue weighted by molar-refractivity contribution is 6.18. The van der Waals surface area contributed by atoms with Gasteiger partial charge in [-0.15, -0.1) is 11.6 Å². The molecule has 66 valence electrons. The van der Waals surface area contributed by atoms with Gasteiger partial charge in [0.25, 0.3) is 0 Å². The number of rotatable bonds is 3. The Morgan fingerprint density at radius 3 is 2.67 bits per heavy atom. The van der Waals surface area contributed by atoms with Crippen LogP contribution in [-0.2, 0) is 0 Å². The van der Waals surface area contributed by atoms with Gasteiger partial charge in [0.05, 0.1) is 5.88 Å². The lowest BCUT2D eigenvalue weighted by Gasteiger charge is -2.07. The topological polar surface area (TPSA) is 9.23 Å². The molecule has 0 aliphatic carbocycles. The van der Waals surface area contributed by atoms with E-state index in [0.717, 1.165) is 5.75 Å². The summed E-state index contributed by atoms with van der Waals surface area (Å²) >= 11 is 5.51. The van der Waals surface area contributed by atoms with E-state index in [1.165, 1.54) is 11.1 Å². The summed E-state index contributed by atoms with van der Waals surface area (Å²) in [7, 11) is 0. The van der Waals surface area contributed by atoms with E-state index in [1.54, 1.807) is 0 Å². The van der Waals surface area contributed by atoms with Crippen molar-refractivity contribution in [3.63, 3.8) is 0 Å². The quantitative estimate of drug-likeness (QED) is 0.657. The fourth-order valence-corrected chi connectivity index (χ4v) is 1.19. The number of benzene rings is 1. The first-order valence-corrected chi connectivity index (χ1v) is 4.53. The minimum atomic E-state index is 0.535. The minimum absolute atomic E-state index is 0.535. The molecule has 0 amide bonds. The Bertz CT molecular complexity index is 258. The fourth-order valence-electron chi connectivity index (χ4n) is 1.11. The number of hydrogen-bond donors (Lipinski definition) is 0. The van der Waals surface area contributed by atoms with Crippen LogP contribution in [0.2, 0.25) is 0 Å². The van der Waals surface area contributed by atoms with E-state index in [2.05, 4.69) is 13.0 Å². The van der Waals surface area contributed by atoms with Crippen LogP contribution in [0.15, 0.2) is 18.2 Å². The summed E-state index contributed by atoms with van der Waals surface area (Å²) in [5, 5.41) is 0. The molecule has 0 fully saturated rings. The van der Waals surface area contributed by atoms with Crippen LogP contribution in [-0.4, -0.2) is 12.5 Å². The van der Waals surface area contributed by atoms with Crippen molar-refractivity contribution < 1.29 is 4.74 Å². The van der Waals surface area contributed by atoms with Gasteiger partial charge in [-0.2, -0.15) is 0 Å². The lowest BCUT2D eigenvalue weighted by atomic mass is 10.1. The van der Waals surface area contributed by atoms with E-state index >= 15 is 0 Å². The number of ether oxygens (including phenoxy) is 1. The summed E-state index contributed by atoms with van der Waals surface area (Å²) in [6.07, 6.45) is 0. The third-order valence-corrected chi connectivity index (χ3v) is 1.82. The van der Waals surface area contributed by atoms with Gasteiger partial charge in [0, 0.05) is 0 Å². The Kier molecular flexibility index (Phi) is 3.42. The van der Waals surface area contributed by atoms with Crippen LogP contribution in [0.25, 0.3) is 0 Å². The maximum Gasteiger partial charge on any atom is 0.122 e. The molecule has 0 bridgehead atoms. The number of aryl methyl sites for hydroxylation is 2. The Morgan fingerprint density at radius 1 is 1.33 bits per heavy atom. The van der Waals surface area contributed by atoms with Gasteiger partial charge >= 0.3 is 0 Å². The first kappa shape index (κ1) is 9.40. The molecule has 0 heterocycles. The SMILES string of the molecule is Cc1ccc(OCCCl)c(C)c1. The molecule has 0 N–H and O–H groups in total. The molecule has 12 heavy (non-hydrogen) atoms. The molecule has 2 heteroatoms. The Morgan fingerprint density at radius 2 is 2.08 bits per heavy atom. The average molecular weight is 185 g/mol. The molecule has 1 rings (SSSR count). The number of halogens is 1. The third-order valence-electron chi connectivity index (χ3n) is 1.67. The highest BCUT2D eigenvalue weighted by atomic mass is 35.5. The van der Waals surface area contributed by atoms with E-state index in [1.807, 2.05) is 19.1 Å². The second-order valence-corrected chi connectivity index (χ2v) is 3.18. The highest BCUT2D eigenvalue weighted by Gasteiger charge is 1.97. The van der Waals surface area contributed by atoms with Crippen LogP contribution in [0.4, 0.5) is 0 Å². The van der Waals surface area contributed by atoms with Gasteiger partial charge in [0.2, 0.25) is 0 Å². The van der Waals surface area contributed by atoms with Crippen molar-refractivity contribution in [3.8, 4) is 5.75 Å². The molecule has 0 radical (unpaired) electrons. The first-order chi connectivity index (χ1) is 5.74. The van der Waals surface area contributed by atoms with Crippen molar-refractivity contribution in [2.45, 2.75) is 13.8 Å². The van der Waals surface area contributed by atoms with Gasteiger partial charge in [-0.25, -0.2) is 0 Å². The van der Waals surface area contributed by atoms with E-state index < -0.39 is 0 Å². The van der Waals surface area contributed by atoms with E-state index in [4.69, 9.17) is 16.3 Å². The highest BCUT2D eigenvalue weighted by Crippen LogP contribution is 2.18. The molecule has 1 aromatic carbocycles. The minimum Gasteiger partial charge on any atom is -0.492 e. The molecule has 0 spiro atoms. The Balaban J connectivity index is 2.72. The molecule has 0 saturated heterocycles. The molecule has 0 unspecified atom stereocenters. The number of hydrogen-bond acceptors (Lipinski definition) is 1. The first-order valence-electron chi connectivity index (χ1n) is 4.00. The predicted octanol–water partition coefficient (Wildman–Crippen LogP) is 2.92. The van der Waals surface area contributed by atoms with Crippen LogP contribution in [0.5, 0.6) is 5.75 Å².